The molecule has 19 heavy (non-hydrogen) atoms. The third-order valence-corrected chi connectivity index (χ3v) is 4.08. The smallest absolute Gasteiger partial charge is 0.144 e. The van der Waals surface area contributed by atoms with Crippen molar-refractivity contribution in [2.24, 2.45) is 11.7 Å². The van der Waals surface area contributed by atoms with Crippen molar-refractivity contribution in [1.29, 1.82) is 5.41 Å². The SMILES string of the molecule is N=C(N)C1CCCN(Cc2c(F)ccc(Br)c2F)C1. The lowest BCUT2D eigenvalue weighted by Gasteiger charge is -2.32. The zero-order chi connectivity index (χ0) is 14.0. The van der Waals surface area contributed by atoms with Crippen LogP contribution in [0.2, 0.25) is 0 Å². The molecule has 1 unspecified atom stereocenters. The summed E-state index contributed by atoms with van der Waals surface area (Å²) in [6.07, 6.45) is 1.76. The molecular weight excluding hydrogens is 316 g/mol. The fraction of sp³-hybridized carbons (Fsp3) is 0.462. The summed E-state index contributed by atoms with van der Waals surface area (Å²) >= 11 is 3.07. The molecule has 6 heteroatoms. The predicted molar refractivity (Wildman–Crippen MR) is 74.0 cm³/mol. The first-order valence-corrected chi connectivity index (χ1v) is 6.97. The number of amidine groups is 1. The van der Waals surface area contributed by atoms with Crippen LogP contribution in [0.4, 0.5) is 8.78 Å². The van der Waals surface area contributed by atoms with Gasteiger partial charge in [0.1, 0.15) is 11.6 Å². The first-order chi connectivity index (χ1) is 8.99. The Morgan fingerprint density at radius 1 is 1.47 bits per heavy atom. The normalized spacial score (nSPS) is 20.5. The van der Waals surface area contributed by atoms with Crippen molar-refractivity contribution in [2.45, 2.75) is 19.4 Å². The van der Waals surface area contributed by atoms with Gasteiger partial charge in [-0.15, -0.1) is 0 Å². The van der Waals surface area contributed by atoms with E-state index in [1.165, 1.54) is 12.1 Å². The standard InChI is InChI=1S/C13H16BrF2N3/c14-10-3-4-11(15)9(12(10)16)7-19-5-1-2-8(6-19)13(17)18/h3-4,8H,1-2,5-7H2,(H3,17,18). The van der Waals surface area contributed by atoms with Crippen LogP contribution in [0.5, 0.6) is 0 Å². The summed E-state index contributed by atoms with van der Waals surface area (Å²) in [7, 11) is 0. The molecule has 1 aliphatic heterocycles. The molecule has 0 amide bonds. The van der Waals surface area contributed by atoms with E-state index in [0.29, 0.717) is 6.54 Å². The van der Waals surface area contributed by atoms with Crippen LogP contribution >= 0.6 is 15.9 Å². The molecule has 1 fully saturated rings. The first-order valence-electron chi connectivity index (χ1n) is 6.17. The Bertz CT molecular complexity index is 493. The quantitative estimate of drug-likeness (QED) is 0.508. The molecule has 0 aliphatic carbocycles. The number of likely N-dealkylation sites (tertiary alicyclic amines) is 1. The summed E-state index contributed by atoms with van der Waals surface area (Å²) in [5.74, 6) is -0.942. The minimum atomic E-state index is -0.551. The molecule has 104 valence electrons. The molecule has 2 rings (SSSR count). The highest BCUT2D eigenvalue weighted by Crippen LogP contribution is 2.25. The van der Waals surface area contributed by atoms with E-state index in [2.05, 4.69) is 15.9 Å². The lowest BCUT2D eigenvalue weighted by Crippen LogP contribution is -2.40. The van der Waals surface area contributed by atoms with Gasteiger partial charge in [0.05, 0.1) is 10.3 Å². The van der Waals surface area contributed by atoms with E-state index < -0.39 is 11.6 Å². The minimum absolute atomic E-state index is 0.00738. The summed E-state index contributed by atoms with van der Waals surface area (Å²) in [4.78, 5) is 1.95. The molecule has 0 bridgehead atoms. The first kappa shape index (κ1) is 14.4. The van der Waals surface area contributed by atoms with E-state index in [0.717, 1.165) is 19.4 Å². The fourth-order valence-corrected chi connectivity index (χ4v) is 2.76. The summed E-state index contributed by atoms with van der Waals surface area (Å²) in [5.41, 5.74) is 5.58. The van der Waals surface area contributed by atoms with Crippen molar-refractivity contribution in [3.05, 3.63) is 33.8 Å². The Kier molecular flexibility index (Phi) is 4.52. The lowest BCUT2D eigenvalue weighted by atomic mass is 9.96. The molecule has 0 spiro atoms. The lowest BCUT2D eigenvalue weighted by molar-refractivity contribution is 0.191. The Hall–Kier alpha value is -1.01. The van der Waals surface area contributed by atoms with Gasteiger partial charge in [0, 0.05) is 24.6 Å². The van der Waals surface area contributed by atoms with Crippen LogP contribution in [0.25, 0.3) is 0 Å². The van der Waals surface area contributed by atoms with Crippen LogP contribution in [0.15, 0.2) is 16.6 Å². The van der Waals surface area contributed by atoms with Gasteiger partial charge in [-0.1, -0.05) is 0 Å². The van der Waals surface area contributed by atoms with Crippen molar-refractivity contribution >= 4 is 21.8 Å². The predicted octanol–water partition coefficient (Wildman–Crippen LogP) is 2.88. The Labute approximate surface area is 119 Å². The van der Waals surface area contributed by atoms with Crippen LogP contribution in [0, 0.1) is 23.0 Å². The topological polar surface area (TPSA) is 53.1 Å². The molecule has 1 aliphatic rings. The molecule has 1 atom stereocenters. The van der Waals surface area contributed by atoms with E-state index in [1.807, 2.05) is 4.90 Å². The monoisotopic (exact) mass is 331 g/mol. The Morgan fingerprint density at radius 2 is 2.21 bits per heavy atom. The van der Waals surface area contributed by atoms with E-state index in [-0.39, 0.29) is 28.3 Å². The van der Waals surface area contributed by atoms with E-state index in [1.54, 1.807) is 0 Å². The van der Waals surface area contributed by atoms with Crippen LogP contribution in [-0.2, 0) is 6.54 Å². The Balaban J connectivity index is 2.13. The van der Waals surface area contributed by atoms with Crippen molar-refractivity contribution in [3.8, 4) is 0 Å². The van der Waals surface area contributed by atoms with Gasteiger partial charge >= 0.3 is 0 Å². The highest BCUT2D eigenvalue weighted by atomic mass is 79.9. The molecule has 0 saturated carbocycles. The number of hydrogen-bond donors (Lipinski definition) is 2. The molecular formula is C13H16BrF2N3. The second kappa shape index (κ2) is 5.96. The largest absolute Gasteiger partial charge is 0.387 e. The number of piperidine rings is 1. The third kappa shape index (κ3) is 3.30. The maximum Gasteiger partial charge on any atom is 0.144 e. The minimum Gasteiger partial charge on any atom is -0.387 e. The molecule has 1 heterocycles. The van der Waals surface area contributed by atoms with Gasteiger partial charge in [-0.25, -0.2) is 8.78 Å². The van der Waals surface area contributed by atoms with Gasteiger partial charge in [-0.05, 0) is 47.4 Å². The highest BCUT2D eigenvalue weighted by molar-refractivity contribution is 9.10. The number of nitrogens with one attached hydrogen (secondary N) is 1. The van der Waals surface area contributed by atoms with Gasteiger partial charge < -0.3 is 5.73 Å². The molecule has 0 radical (unpaired) electrons. The molecule has 0 aromatic heterocycles. The van der Waals surface area contributed by atoms with Gasteiger partial charge in [0.2, 0.25) is 0 Å². The second-order valence-electron chi connectivity index (χ2n) is 4.85. The van der Waals surface area contributed by atoms with Gasteiger partial charge in [0.15, 0.2) is 0 Å². The summed E-state index contributed by atoms with van der Waals surface area (Å²) in [5, 5.41) is 7.47. The molecule has 1 aromatic carbocycles. The number of hydrogen-bond acceptors (Lipinski definition) is 2. The number of rotatable bonds is 3. The number of nitrogens with two attached hydrogens (primary N) is 1. The van der Waals surface area contributed by atoms with Crippen LogP contribution in [0.1, 0.15) is 18.4 Å². The van der Waals surface area contributed by atoms with Crippen LogP contribution < -0.4 is 5.73 Å². The van der Waals surface area contributed by atoms with E-state index in [9.17, 15) is 8.78 Å². The van der Waals surface area contributed by atoms with E-state index in [4.69, 9.17) is 11.1 Å². The highest BCUT2D eigenvalue weighted by Gasteiger charge is 2.24. The summed E-state index contributed by atoms with van der Waals surface area (Å²) in [6.45, 7) is 1.57. The molecule has 1 aromatic rings. The fourth-order valence-electron chi connectivity index (χ4n) is 2.39. The average molecular weight is 332 g/mol. The van der Waals surface area contributed by atoms with Crippen molar-refractivity contribution in [3.63, 3.8) is 0 Å². The Morgan fingerprint density at radius 3 is 2.89 bits per heavy atom. The zero-order valence-electron chi connectivity index (χ0n) is 10.4. The van der Waals surface area contributed by atoms with Gasteiger partial charge in [0.25, 0.3) is 0 Å². The number of benzene rings is 1. The second-order valence-corrected chi connectivity index (χ2v) is 5.71. The van der Waals surface area contributed by atoms with E-state index >= 15 is 0 Å². The van der Waals surface area contributed by atoms with Crippen molar-refractivity contribution in [2.75, 3.05) is 13.1 Å². The van der Waals surface area contributed by atoms with Crippen LogP contribution in [0.3, 0.4) is 0 Å². The molecule has 3 N–H and O–H groups in total. The van der Waals surface area contributed by atoms with Gasteiger partial charge in [-0.3, -0.25) is 10.3 Å². The third-order valence-electron chi connectivity index (χ3n) is 3.47. The maximum absolute atomic E-state index is 13.9. The summed E-state index contributed by atoms with van der Waals surface area (Å²) in [6, 6.07) is 2.62. The van der Waals surface area contributed by atoms with Crippen LogP contribution in [-0.4, -0.2) is 23.8 Å². The molecule has 1 saturated heterocycles. The number of halogens is 3. The average Bonchev–Trinajstić information content (AvgIpc) is 2.39. The van der Waals surface area contributed by atoms with Crippen molar-refractivity contribution < 1.29 is 8.78 Å². The number of nitrogens with zero attached hydrogens (tertiary/aromatic N) is 1. The van der Waals surface area contributed by atoms with Crippen molar-refractivity contribution in [1.82, 2.24) is 4.90 Å². The van der Waals surface area contributed by atoms with Gasteiger partial charge in [-0.2, -0.15) is 0 Å². The molecule has 3 nitrogen and oxygen atoms in total. The zero-order valence-corrected chi connectivity index (χ0v) is 12.0. The summed E-state index contributed by atoms with van der Waals surface area (Å²) < 4.78 is 27.8. The maximum atomic E-state index is 13.9.